The molecule has 0 atom stereocenters. The number of rotatable bonds is 8. The van der Waals surface area contributed by atoms with Crippen LogP contribution in [0.4, 0.5) is 0 Å². The van der Waals surface area contributed by atoms with Crippen LogP contribution in [0.25, 0.3) is 22.3 Å². The number of aromatic nitrogens is 3. The fourth-order valence-electron chi connectivity index (χ4n) is 4.77. The fourth-order valence-corrected chi connectivity index (χ4v) is 5.98. The van der Waals surface area contributed by atoms with Crippen LogP contribution in [-0.4, -0.2) is 36.0 Å². The quantitative estimate of drug-likeness (QED) is 0.274. The zero-order valence-corrected chi connectivity index (χ0v) is 23.6. The Labute approximate surface area is 233 Å². The molecule has 0 aliphatic carbocycles. The highest BCUT2D eigenvalue weighted by molar-refractivity contribution is 7.90. The zero-order chi connectivity index (χ0) is 28.4. The first-order chi connectivity index (χ1) is 19.2. The van der Waals surface area contributed by atoms with Crippen molar-refractivity contribution in [1.82, 2.24) is 19.3 Å². The van der Waals surface area contributed by atoms with Crippen molar-refractivity contribution in [3.63, 3.8) is 0 Å². The van der Waals surface area contributed by atoms with Gasteiger partial charge in [-0.05, 0) is 66.9 Å². The molecular weight excluding hydrogens is 524 g/mol. The van der Waals surface area contributed by atoms with Crippen LogP contribution in [0, 0.1) is 13.8 Å². The van der Waals surface area contributed by atoms with Crippen LogP contribution in [-0.2, 0) is 23.0 Å². The number of sulfonamides is 1. The van der Waals surface area contributed by atoms with Crippen molar-refractivity contribution < 1.29 is 17.9 Å². The summed E-state index contributed by atoms with van der Waals surface area (Å²) in [5.41, 5.74) is 6.29. The molecule has 0 aliphatic heterocycles. The molecule has 0 fully saturated rings. The van der Waals surface area contributed by atoms with E-state index < -0.39 is 15.9 Å². The number of nitrogens with zero attached hydrogens (tertiary/aromatic N) is 3. The van der Waals surface area contributed by atoms with Crippen molar-refractivity contribution in [1.29, 1.82) is 0 Å². The van der Waals surface area contributed by atoms with Gasteiger partial charge in [-0.15, -0.1) is 0 Å². The van der Waals surface area contributed by atoms with Gasteiger partial charge in [-0.25, -0.2) is 23.1 Å². The molecule has 1 amide bonds. The number of benzene rings is 3. The number of pyridine rings is 1. The van der Waals surface area contributed by atoms with Crippen molar-refractivity contribution in [3.05, 3.63) is 107 Å². The smallest absolute Gasteiger partial charge is 0.265 e. The average Bonchev–Trinajstić information content (AvgIpc) is 3.30. The van der Waals surface area contributed by atoms with Crippen molar-refractivity contribution in [2.75, 3.05) is 7.11 Å². The Bertz CT molecular complexity index is 1810. The summed E-state index contributed by atoms with van der Waals surface area (Å²) in [6.07, 6.45) is 0.778. The number of carbonyl (C=O) groups excluding carboxylic acids is 1. The molecule has 0 bridgehead atoms. The molecule has 40 heavy (non-hydrogen) atoms. The Kier molecular flexibility index (Phi) is 7.40. The lowest BCUT2D eigenvalue weighted by Crippen LogP contribution is -2.30. The van der Waals surface area contributed by atoms with Crippen LogP contribution in [0.1, 0.15) is 39.9 Å². The molecule has 0 aliphatic rings. The van der Waals surface area contributed by atoms with Crippen LogP contribution in [0.2, 0.25) is 0 Å². The molecule has 0 saturated carbocycles. The van der Waals surface area contributed by atoms with Crippen LogP contribution in [0.3, 0.4) is 0 Å². The van der Waals surface area contributed by atoms with Gasteiger partial charge in [-0.3, -0.25) is 4.79 Å². The molecule has 0 radical (unpaired) electrons. The van der Waals surface area contributed by atoms with Gasteiger partial charge in [0.05, 0.1) is 18.6 Å². The minimum Gasteiger partial charge on any atom is -0.497 e. The third-order valence-corrected chi connectivity index (χ3v) is 8.17. The third kappa shape index (κ3) is 5.33. The van der Waals surface area contributed by atoms with Gasteiger partial charge in [0.15, 0.2) is 5.65 Å². The molecule has 3 aromatic carbocycles. The highest BCUT2D eigenvalue weighted by atomic mass is 32.2. The number of imidazole rings is 1. The molecule has 1 N–H and O–H groups in total. The van der Waals surface area contributed by atoms with Crippen LogP contribution < -0.4 is 9.46 Å². The molecule has 2 heterocycles. The van der Waals surface area contributed by atoms with Gasteiger partial charge in [0.1, 0.15) is 17.1 Å². The normalized spacial score (nSPS) is 11.5. The van der Waals surface area contributed by atoms with E-state index in [9.17, 15) is 13.2 Å². The van der Waals surface area contributed by atoms with E-state index in [4.69, 9.17) is 14.7 Å². The molecule has 8 nitrogen and oxygen atoms in total. The summed E-state index contributed by atoms with van der Waals surface area (Å²) in [5, 5.41) is 0. The van der Waals surface area contributed by atoms with Gasteiger partial charge in [0.2, 0.25) is 0 Å². The second-order valence-electron chi connectivity index (χ2n) is 9.58. The SMILES string of the molecule is CCc1nc2c(C)cc(C)nc2n1Cc1ccc(-c2ccccc2S(=O)(=O)NC(=O)c2ccc(OC)cc2)cc1. The highest BCUT2D eigenvalue weighted by Gasteiger charge is 2.23. The summed E-state index contributed by atoms with van der Waals surface area (Å²) in [5.74, 6) is 0.817. The molecule has 5 rings (SSSR count). The van der Waals surface area contributed by atoms with Crippen LogP contribution in [0.15, 0.2) is 83.8 Å². The average molecular weight is 555 g/mol. The number of methoxy groups -OCH3 is 1. The topological polar surface area (TPSA) is 103 Å². The Hall–Kier alpha value is -4.50. The third-order valence-electron chi connectivity index (χ3n) is 6.78. The monoisotopic (exact) mass is 554 g/mol. The van der Waals surface area contributed by atoms with Crippen molar-refractivity contribution >= 4 is 27.1 Å². The first-order valence-corrected chi connectivity index (χ1v) is 14.4. The maximum atomic E-state index is 13.3. The highest BCUT2D eigenvalue weighted by Crippen LogP contribution is 2.28. The summed E-state index contributed by atoms with van der Waals surface area (Å²) in [6, 6.07) is 22.6. The van der Waals surface area contributed by atoms with Crippen LogP contribution >= 0.6 is 0 Å². The van der Waals surface area contributed by atoms with E-state index in [-0.39, 0.29) is 10.5 Å². The van der Waals surface area contributed by atoms with Crippen molar-refractivity contribution in [2.45, 2.75) is 38.6 Å². The molecule has 0 unspecified atom stereocenters. The lowest BCUT2D eigenvalue weighted by Gasteiger charge is -2.13. The lowest BCUT2D eigenvalue weighted by atomic mass is 10.0. The number of fused-ring (bicyclic) bond motifs is 1. The molecule has 2 aromatic heterocycles. The number of ether oxygens (including phenoxy) is 1. The Balaban J connectivity index is 1.42. The Morgan fingerprint density at radius 3 is 2.33 bits per heavy atom. The number of aryl methyl sites for hydroxylation is 3. The molecule has 5 aromatic rings. The second-order valence-corrected chi connectivity index (χ2v) is 11.2. The summed E-state index contributed by atoms with van der Waals surface area (Å²) in [7, 11) is -2.63. The number of carbonyl (C=O) groups is 1. The summed E-state index contributed by atoms with van der Waals surface area (Å²) < 4.78 is 36.0. The van der Waals surface area contributed by atoms with E-state index in [0.717, 1.165) is 45.8 Å². The van der Waals surface area contributed by atoms with Gasteiger partial charge in [0, 0.05) is 23.2 Å². The second kappa shape index (κ2) is 10.9. The van der Waals surface area contributed by atoms with E-state index in [1.54, 1.807) is 30.3 Å². The van der Waals surface area contributed by atoms with E-state index in [2.05, 4.69) is 16.2 Å². The Morgan fingerprint density at radius 2 is 1.65 bits per heavy atom. The molecular formula is C31H30N4O4S. The molecule has 204 valence electrons. The maximum Gasteiger partial charge on any atom is 0.265 e. The van der Waals surface area contributed by atoms with Gasteiger partial charge in [-0.1, -0.05) is 49.4 Å². The van der Waals surface area contributed by atoms with E-state index >= 15 is 0 Å². The van der Waals surface area contributed by atoms with Gasteiger partial charge in [-0.2, -0.15) is 0 Å². The molecule has 0 spiro atoms. The van der Waals surface area contributed by atoms with E-state index in [0.29, 0.717) is 17.9 Å². The summed E-state index contributed by atoms with van der Waals surface area (Å²) in [4.78, 5) is 22.3. The molecule has 9 heteroatoms. The lowest BCUT2D eigenvalue weighted by molar-refractivity contribution is 0.0981. The van der Waals surface area contributed by atoms with E-state index in [1.807, 2.05) is 44.2 Å². The fraction of sp³-hybridized carbons (Fsp3) is 0.194. The minimum absolute atomic E-state index is 0.0219. The predicted molar refractivity (Wildman–Crippen MR) is 155 cm³/mol. The number of hydrogen-bond acceptors (Lipinski definition) is 6. The first-order valence-electron chi connectivity index (χ1n) is 12.9. The van der Waals surface area contributed by atoms with Gasteiger partial charge in [0.25, 0.3) is 15.9 Å². The minimum atomic E-state index is -4.15. The van der Waals surface area contributed by atoms with Gasteiger partial charge < -0.3 is 9.30 Å². The summed E-state index contributed by atoms with van der Waals surface area (Å²) in [6.45, 7) is 6.70. The summed E-state index contributed by atoms with van der Waals surface area (Å²) >= 11 is 0. The first kappa shape index (κ1) is 27.1. The predicted octanol–water partition coefficient (Wildman–Crippen LogP) is 5.45. The van der Waals surface area contributed by atoms with Crippen LogP contribution in [0.5, 0.6) is 5.75 Å². The Morgan fingerprint density at radius 1 is 0.950 bits per heavy atom. The van der Waals surface area contributed by atoms with E-state index in [1.165, 1.54) is 25.3 Å². The number of amides is 1. The van der Waals surface area contributed by atoms with Gasteiger partial charge >= 0.3 is 0 Å². The zero-order valence-electron chi connectivity index (χ0n) is 22.8. The maximum absolute atomic E-state index is 13.3. The molecule has 0 saturated heterocycles. The number of nitrogens with one attached hydrogen (secondary N) is 1. The van der Waals surface area contributed by atoms with Crippen molar-refractivity contribution in [2.24, 2.45) is 0 Å². The largest absolute Gasteiger partial charge is 0.497 e. The standard InChI is InChI=1S/C31H30N4O4S/c1-5-28-33-29-20(2)18-21(3)32-30(29)35(28)19-22-10-12-23(13-11-22)26-8-6-7-9-27(26)40(37,38)34-31(36)24-14-16-25(39-4)17-15-24/h6-18H,5,19H2,1-4H3,(H,34,36). The van der Waals surface area contributed by atoms with Crippen molar-refractivity contribution in [3.8, 4) is 16.9 Å². The number of hydrogen-bond donors (Lipinski definition) is 1.